The van der Waals surface area contributed by atoms with E-state index in [1.807, 2.05) is 26.0 Å². The van der Waals surface area contributed by atoms with Crippen molar-refractivity contribution in [2.75, 3.05) is 0 Å². The summed E-state index contributed by atoms with van der Waals surface area (Å²) in [6.45, 7) is 3.90. The Bertz CT molecular complexity index is 236. The highest BCUT2D eigenvalue weighted by molar-refractivity contribution is 5.23. The van der Waals surface area contributed by atoms with E-state index in [-0.39, 0.29) is 5.41 Å². The van der Waals surface area contributed by atoms with E-state index in [4.69, 9.17) is 10.8 Å². The normalized spacial score (nSPS) is 10.9. The van der Waals surface area contributed by atoms with Gasteiger partial charge in [0, 0.05) is 0 Å². The third-order valence-electron chi connectivity index (χ3n) is 1.50. The Labute approximate surface area is 61.0 Å². The molecule has 0 atom stereocenters. The first-order valence-corrected chi connectivity index (χ1v) is 3.18. The molecule has 0 unspecified atom stereocenters. The Morgan fingerprint density at radius 1 is 1.60 bits per heavy atom. The minimum Gasteiger partial charge on any atom is -0.468 e. The van der Waals surface area contributed by atoms with Gasteiger partial charge >= 0.3 is 0 Å². The van der Waals surface area contributed by atoms with E-state index >= 15 is 0 Å². The molecule has 0 aliphatic heterocycles. The fourth-order valence-electron chi connectivity index (χ4n) is 0.705. The van der Waals surface area contributed by atoms with Gasteiger partial charge in [-0.2, -0.15) is 0 Å². The lowest BCUT2D eigenvalue weighted by Gasteiger charge is -2.12. The van der Waals surface area contributed by atoms with Gasteiger partial charge in [0.05, 0.1) is 11.7 Å². The maximum atomic E-state index is 5.29. The molecule has 1 rings (SSSR count). The number of rotatable bonds is 1. The smallest absolute Gasteiger partial charge is 0.121 e. The van der Waals surface area contributed by atoms with E-state index in [0.717, 1.165) is 5.76 Å². The second kappa shape index (κ2) is 2.22. The lowest BCUT2D eigenvalue weighted by atomic mass is 9.92. The van der Waals surface area contributed by atoms with Crippen LogP contribution in [-0.2, 0) is 5.41 Å². The van der Waals surface area contributed by atoms with Gasteiger partial charge in [-0.05, 0) is 26.0 Å². The van der Waals surface area contributed by atoms with Crippen molar-refractivity contribution < 1.29 is 4.42 Å². The largest absolute Gasteiger partial charge is 0.468 e. The lowest BCUT2D eigenvalue weighted by Crippen LogP contribution is -2.11. The Morgan fingerprint density at radius 3 is 2.70 bits per heavy atom. The molecule has 0 aliphatic carbocycles. The Balaban J connectivity index is 2.99. The molecule has 0 spiro atoms. The first-order valence-electron chi connectivity index (χ1n) is 3.18. The molecule has 1 aromatic heterocycles. The first kappa shape index (κ1) is 6.95. The van der Waals surface area contributed by atoms with Crippen molar-refractivity contribution in [3.05, 3.63) is 24.2 Å². The maximum absolute atomic E-state index is 5.29. The summed E-state index contributed by atoms with van der Waals surface area (Å²) < 4.78 is 5.15. The van der Waals surface area contributed by atoms with Crippen LogP contribution in [0.4, 0.5) is 0 Å². The zero-order valence-electron chi connectivity index (χ0n) is 6.22. The summed E-state index contributed by atoms with van der Waals surface area (Å²) in [5.41, 5.74) is -0.274. The van der Waals surface area contributed by atoms with Crippen LogP contribution < -0.4 is 0 Å². The van der Waals surface area contributed by atoms with E-state index in [1.165, 1.54) is 0 Å². The fraction of sp³-hybridized carbons (Fsp3) is 0.333. The molecule has 52 valence electrons. The van der Waals surface area contributed by atoms with Crippen molar-refractivity contribution in [3.63, 3.8) is 0 Å². The molecular formula is C9H10O. The van der Waals surface area contributed by atoms with Gasteiger partial charge < -0.3 is 4.42 Å². The van der Waals surface area contributed by atoms with Crippen LogP contribution in [0.2, 0.25) is 0 Å². The molecule has 1 aromatic rings. The van der Waals surface area contributed by atoms with Gasteiger partial charge in [-0.3, -0.25) is 0 Å². The van der Waals surface area contributed by atoms with Crippen molar-refractivity contribution in [1.29, 1.82) is 0 Å². The topological polar surface area (TPSA) is 13.1 Å². The monoisotopic (exact) mass is 134 g/mol. The molecule has 0 aromatic carbocycles. The number of hydrogen-bond donors (Lipinski definition) is 0. The molecule has 0 radical (unpaired) electrons. The van der Waals surface area contributed by atoms with Gasteiger partial charge in [-0.1, -0.05) is 5.92 Å². The van der Waals surface area contributed by atoms with Crippen LogP contribution in [0, 0.1) is 12.3 Å². The predicted octanol–water partition coefficient (Wildman–Crippen LogP) is 2.19. The van der Waals surface area contributed by atoms with Crippen molar-refractivity contribution in [2.45, 2.75) is 19.3 Å². The molecule has 10 heavy (non-hydrogen) atoms. The van der Waals surface area contributed by atoms with Gasteiger partial charge in [0.2, 0.25) is 0 Å². The molecule has 1 heterocycles. The fourth-order valence-corrected chi connectivity index (χ4v) is 0.705. The van der Waals surface area contributed by atoms with Crippen LogP contribution in [0.3, 0.4) is 0 Å². The summed E-state index contributed by atoms with van der Waals surface area (Å²) in [4.78, 5) is 0. The van der Waals surface area contributed by atoms with Crippen molar-refractivity contribution >= 4 is 0 Å². The van der Waals surface area contributed by atoms with Gasteiger partial charge in [-0.25, -0.2) is 0 Å². The summed E-state index contributed by atoms with van der Waals surface area (Å²) in [5, 5.41) is 0. The van der Waals surface area contributed by atoms with Crippen LogP contribution in [0.25, 0.3) is 0 Å². The predicted molar refractivity (Wildman–Crippen MR) is 40.6 cm³/mol. The number of furan rings is 1. The Morgan fingerprint density at radius 2 is 2.30 bits per heavy atom. The van der Waals surface area contributed by atoms with Crippen LogP contribution in [0.15, 0.2) is 22.8 Å². The van der Waals surface area contributed by atoms with E-state index in [0.29, 0.717) is 0 Å². The molecule has 0 saturated carbocycles. The zero-order chi connectivity index (χ0) is 7.61. The SMILES string of the molecule is C#CC(C)(C)c1ccco1. The molecule has 1 nitrogen and oxygen atoms in total. The zero-order valence-corrected chi connectivity index (χ0v) is 6.22. The molecular weight excluding hydrogens is 124 g/mol. The minimum absolute atomic E-state index is 0.274. The molecule has 0 bridgehead atoms. The minimum atomic E-state index is -0.274. The van der Waals surface area contributed by atoms with E-state index in [9.17, 15) is 0 Å². The van der Waals surface area contributed by atoms with E-state index < -0.39 is 0 Å². The van der Waals surface area contributed by atoms with Crippen molar-refractivity contribution in [3.8, 4) is 12.3 Å². The highest BCUT2D eigenvalue weighted by Crippen LogP contribution is 2.21. The summed E-state index contributed by atoms with van der Waals surface area (Å²) in [7, 11) is 0. The highest BCUT2D eigenvalue weighted by atomic mass is 16.3. The standard InChI is InChI=1S/C9H10O/c1-4-9(2,3)8-6-5-7-10-8/h1,5-7H,2-3H3. The third-order valence-corrected chi connectivity index (χ3v) is 1.50. The second-order valence-electron chi connectivity index (χ2n) is 2.75. The summed E-state index contributed by atoms with van der Waals surface area (Å²) >= 11 is 0. The average molecular weight is 134 g/mol. The molecule has 0 fully saturated rings. The van der Waals surface area contributed by atoms with Crippen LogP contribution >= 0.6 is 0 Å². The summed E-state index contributed by atoms with van der Waals surface area (Å²) in [5.74, 6) is 3.49. The third kappa shape index (κ3) is 1.06. The van der Waals surface area contributed by atoms with E-state index in [2.05, 4.69) is 5.92 Å². The quantitative estimate of drug-likeness (QED) is 0.536. The number of hydrogen-bond acceptors (Lipinski definition) is 1. The molecule has 0 amide bonds. The maximum Gasteiger partial charge on any atom is 0.121 e. The van der Waals surface area contributed by atoms with Crippen LogP contribution in [0.5, 0.6) is 0 Å². The average Bonchev–Trinajstić information content (AvgIpc) is 2.38. The molecule has 0 saturated heterocycles. The van der Waals surface area contributed by atoms with Gasteiger partial charge in [0.15, 0.2) is 0 Å². The van der Waals surface area contributed by atoms with E-state index in [1.54, 1.807) is 6.26 Å². The van der Waals surface area contributed by atoms with Crippen molar-refractivity contribution in [2.24, 2.45) is 0 Å². The Kier molecular flexibility index (Phi) is 1.55. The summed E-state index contributed by atoms with van der Waals surface area (Å²) in [6, 6.07) is 3.73. The highest BCUT2D eigenvalue weighted by Gasteiger charge is 2.19. The van der Waals surface area contributed by atoms with Gasteiger partial charge in [-0.15, -0.1) is 6.42 Å². The van der Waals surface area contributed by atoms with Crippen molar-refractivity contribution in [1.82, 2.24) is 0 Å². The van der Waals surface area contributed by atoms with Gasteiger partial charge in [0.25, 0.3) is 0 Å². The molecule has 1 heteroatoms. The first-order chi connectivity index (χ1) is 4.67. The molecule has 0 N–H and O–H groups in total. The van der Waals surface area contributed by atoms with Gasteiger partial charge in [0.1, 0.15) is 5.76 Å². The summed E-state index contributed by atoms with van der Waals surface area (Å²) in [6.07, 6.45) is 6.92. The van der Waals surface area contributed by atoms with Crippen LogP contribution in [0.1, 0.15) is 19.6 Å². The Hall–Kier alpha value is -1.16. The number of terminal acetylenes is 1. The van der Waals surface area contributed by atoms with Crippen LogP contribution in [-0.4, -0.2) is 0 Å². The lowest BCUT2D eigenvalue weighted by molar-refractivity contribution is 0.446. The second-order valence-corrected chi connectivity index (χ2v) is 2.75. The molecule has 0 aliphatic rings.